The normalized spacial score (nSPS) is 53.5. The number of hydrogen-bond acceptors (Lipinski definition) is 36. The van der Waals surface area contributed by atoms with Gasteiger partial charge in [0.1, 0.15) is 171 Å². The lowest BCUT2D eigenvalue weighted by Crippen LogP contribution is -2.68. The minimum atomic E-state index is -2.34. The molecule has 78 heavy (non-hydrogen) atoms. The minimum absolute atomic E-state index is 0.875. The molecular formula is C42H72O36. The van der Waals surface area contributed by atoms with Gasteiger partial charge in [0.15, 0.2) is 44.0 Å². The summed E-state index contributed by atoms with van der Waals surface area (Å²) in [5, 5.41) is 244. The smallest absolute Gasteiger partial charge is 0.187 e. The number of rotatable bonds is 19. The molecule has 0 aromatic rings. The molecule has 7 aliphatic heterocycles. The van der Waals surface area contributed by atoms with Crippen LogP contribution in [0.3, 0.4) is 0 Å². The molecule has 7 fully saturated rings. The van der Waals surface area contributed by atoms with E-state index in [1.807, 2.05) is 0 Å². The fourth-order valence-corrected chi connectivity index (χ4v) is 9.90. The Morgan fingerprint density at radius 2 is 0.449 bits per heavy atom. The topological polar surface area (TPSA) is 585 Å². The van der Waals surface area contributed by atoms with Gasteiger partial charge in [-0.2, -0.15) is 0 Å². The van der Waals surface area contributed by atoms with Crippen LogP contribution in [0.1, 0.15) is 0 Å². The van der Waals surface area contributed by atoms with Crippen LogP contribution in [0.5, 0.6) is 0 Å². The molecule has 456 valence electrons. The lowest BCUT2D eigenvalue weighted by atomic mass is 9.95. The maximum absolute atomic E-state index is 11.7. The van der Waals surface area contributed by atoms with Gasteiger partial charge in [-0.25, -0.2) is 0 Å². The fraction of sp³-hybridized carbons (Fsp3) is 1.00. The molecule has 7 aliphatic rings. The van der Waals surface area contributed by atoms with Crippen molar-refractivity contribution in [1.29, 1.82) is 0 Å². The number of aliphatic hydroxyl groups is 23. The largest absolute Gasteiger partial charge is 0.394 e. The van der Waals surface area contributed by atoms with Crippen LogP contribution in [0.25, 0.3) is 0 Å². The minimum Gasteiger partial charge on any atom is -0.394 e. The number of ether oxygens (including phenoxy) is 13. The van der Waals surface area contributed by atoms with Crippen LogP contribution in [0, 0.1) is 0 Å². The van der Waals surface area contributed by atoms with E-state index in [4.69, 9.17) is 61.6 Å². The second-order valence-electron chi connectivity index (χ2n) is 19.6. The summed E-state index contributed by atoms with van der Waals surface area (Å²) in [6.07, 6.45) is -68.7. The van der Waals surface area contributed by atoms with Crippen molar-refractivity contribution in [3.05, 3.63) is 0 Å². The average molecular weight is 1150 g/mol. The zero-order valence-electron chi connectivity index (χ0n) is 40.8. The van der Waals surface area contributed by atoms with Gasteiger partial charge in [0.05, 0.1) is 46.2 Å². The van der Waals surface area contributed by atoms with E-state index in [0.29, 0.717) is 0 Å². The van der Waals surface area contributed by atoms with Gasteiger partial charge in [0.2, 0.25) is 0 Å². The highest BCUT2D eigenvalue weighted by Crippen LogP contribution is 2.37. The maximum atomic E-state index is 11.7. The third-order valence-electron chi connectivity index (χ3n) is 14.5. The molecular weight excluding hydrogens is 1080 g/mol. The maximum Gasteiger partial charge on any atom is 0.187 e. The van der Waals surface area contributed by atoms with Gasteiger partial charge in [-0.15, -0.1) is 0 Å². The van der Waals surface area contributed by atoms with Crippen molar-refractivity contribution in [2.24, 2.45) is 0 Å². The third-order valence-corrected chi connectivity index (χ3v) is 14.5. The van der Waals surface area contributed by atoms with Gasteiger partial charge in [0, 0.05) is 0 Å². The Balaban J connectivity index is 1.10. The standard InChI is InChI=1S/C42H72O36/c43-1-8-15(49)17(51)25(59)38(68-8)75-32-11(4-46)70-37(27(61)20(32)54)66-7-14-35(78-41-29(63)22(56)33(12(5-47)72-41)76-39-26(60)18(52)16(50)9(2-44)69-39)23(57)30(64)42(73-14)77-34-13(6-48)71-40(28(62)21(34)55)74-31-10(3-45)67-36(65)24(58)19(31)53/h8-65H,1-7H2/t8?,9?,10?,11?,12?,13?,14?,15-,16-,17?,18?,19?,20?,21?,22?,23?,24?,25?,26?,27?,28?,29?,30?,31-,32-,33-,34-,35-,36+,37+,38-,39-,40-,41-,42-/m1/s1. The van der Waals surface area contributed by atoms with E-state index in [9.17, 15) is 117 Å². The van der Waals surface area contributed by atoms with Crippen molar-refractivity contribution in [1.82, 2.24) is 0 Å². The summed E-state index contributed by atoms with van der Waals surface area (Å²) in [6, 6.07) is 0. The molecule has 35 atom stereocenters. The lowest BCUT2D eigenvalue weighted by Gasteiger charge is -2.50. The van der Waals surface area contributed by atoms with Gasteiger partial charge in [0.25, 0.3) is 0 Å². The van der Waals surface area contributed by atoms with Crippen LogP contribution in [-0.2, 0) is 61.6 Å². The molecule has 0 bridgehead atoms. The molecule has 36 nitrogen and oxygen atoms in total. The number of aliphatic hydroxyl groups excluding tert-OH is 23. The van der Waals surface area contributed by atoms with Crippen molar-refractivity contribution in [2.75, 3.05) is 46.2 Å². The molecule has 21 unspecified atom stereocenters. The Morgan fingerprint density at radius 3 is 0.769 bits per heavy atom. The average Bonchev–Trinajstić information content (AvgIpc) is 3.52. The van der Waals surface area contributed by atoms with Crippen molar-refractivity contribution in [2.45, 2.75) is 215 Å². The first-order valence-corrected chi connectivity index (χ1v) is 24.7. The van der Waals surface area contributed by atoms with Gasteiger partial charge in [-0.05, 0) is 0 Å². The van der Waals surface area contributed by atoms with E-state index in [1.54, 1.807) is 0 Å². The van der Waals surface area contributed by atoms with Crippen LogP contribution < -0.4 is 0 Å². The summed E-state index contributed by atoms with van der Waals surface area (Å²) in [6.45, 7) is -6.87. The third kappa shape index (κ3) is 13.1. The first-order valence-electron chi connectivity index (χ1n) is 24.7. The Hall–Kier alpha value is -1.44. The molecule has 0 radical (unpaired) electrons. The fourth-order valence-electron chi connectivity index (χ4n) is 9.90. The van der Waals surface area contributed by atoms with E-state index in [1.165, 1.54) is 0 Å². The van der Waals surface area contributed by atoms with Gasteiger partial charge in [-0.3, -0.25) is 0 Å². The van der Waals surface area contributed by atoms with Crippen molar-refractivity contribution >= 4 is 0 Å². The quantitative estimate of drug-likeness (QED) is 0.0571. The molecule has 7 rings (SSSR count). The summed E-state index contributed by atoms with van der Waals surface area (Å²) < 4.78 is 72.7. The SMILES string of the molecule is OCC1O[C@H](O[C@@H]2C(CO)O[C@H](O[C@@H]3C(CO[C@H]4OC(CO)[C@@H](O[C@H]5OC(CO)[C@@H](O)C(O)C5O)C(O)C4O)O[C@H](O[C@@H]4C(CO)O[C@H](O[C@@H]5C(CO)O[C@H](O)C(O)C5O)C(O)C4O)C(O)C3O)C(O)C2O)C(O)C(O)[C@@H]1O. The summed E-state index contributed by atoms with van der Waals surface area (Å²) >= 11 is 0. The molecule has 36 heteroatoms. The summed E-state index contributed by atoms with van der Waals surface area (Å²) in [5.74, 6) is 0. The van der Waals surface area contributed by atoms with Crippen LogP contribution in [0.4, 0.5) is 0 Å². The van der Waals surface area contributed by atoms with Crippen LogP contribution in [0.15, 0.2) is 0 Å². The van der Waals surface area contributed by atoms with Gasteiger partial charge in [-0.1, -0.05) is 0 Å². The molecule has 7 heterocycles. The van der Waals surface area contributed by atoms with E-state index >= 15 is 0 Å². The second kappa shape index (κ2) is 27.5. The van der Waals surface area contributed by atoms with Crippen LogP contribution in [-0.4, -0.2) is 379 Å². The molecule has 0 spiro atoms. The molecule has 0 aromatic heterocycles. The molecule has 0 amide bonds. The predicted molar refractivity (Wildman–Crippen MR) is 232 cm³/mol. The predicted octanol–water partition coefficient (Wildman–Crippen LogP) is -16.3. The van der Waals surface area contributed by atoms with Crippen molar-refractivity contribution in [3.8, 4) is 0 Å². The highest BCUT2D eigenvalue weighted by Gasteiger charge is 2.58. The van der Waals surface area contributed by atoms with E-state index in [2.05, 4.69) is 0 Å². The van der Waals surface area contributed by atoms with E-state index in [-0.39, 0.29) is 0 Å². The highest BCUT2D eigenvalue weighted by molar-refractivity contribution is 5.00. The Bertz CT molecular complexity index is 1810. The monoisotopic (exact) mass is 1150 g/mol. The summed E-state index contributed by atoms with van der Waals surface area (Å²) in [4.78, 5) is 0. The Kier molecular flexibility index (Phi) is 22.6. The Labute approximate surface area is 439 Å². The highest BCUT2D eigenvalue weighted by atomic mass is 16.8. The first kappa shape index (κ1) is 64.1. The molecule has 0 aliphatic carbocycles. The molecule has 23 N–H and O–H groups in total. The lowest BCUT2D eigenvalue weighted by molar-refractivity contribution is -0.397. The van der Waals surface area contributed by atoms with Crippen LogP contribution in [0.2, 0.25) is 0 Å². The summed E-state index contributed by atoms with van der Waals surface area (Å²) in [5.41, 5.74) is 0. The van der Waals surface area contributed by atoms with Gasteiger partial charge >= 0.3 is 0 Å². The van der Waals surface area contributed by atoms with Crippen molar-refractivity contribution in [3.63, 3.8) is 0 Å². The van der Waals surface area contributed by atoms with E-state index < -0.39 is 261 Å². The van der Waals surface area contributed by atoms with E-state index in [0.717, 1.165) is 0 Å². The summed E-state index contributed by atoms with van der Waals surface area (Å²) in [7, 11) is 0. The van der Waals surface area contributed by atoms with Crippen molar-refractivity contribution < 1.29 is 179 Å². The zero-order valence-corrected chi connectivity index (χ0v) is 40.8. The van der Waals surface area contributed by atoms with Gasteiger partial charge < -0.3 is 179 Å². The zero-order chi connectivity index (χ0) is 57.3. The Morgan fingerprint density at radius 1 is 0.218 bits per heavy atom. The molecule has 0 aromatic carbocycles. The van der Waals surface area contributed by atoms with Crippen LogP contribution >= 0.6 is 0 Å². The second-order valence-corrected chi connectivity index (χ2v) is 19.6. The first-order chi connectivity index (χ1) is 37.0. The number of hydrogen-bond donors (Lipinski definition) is 23. The molecule has 0 saturated carbocycles. The molecule has 7 saturated heterocycles.